The van der Waals surface area contributed by atoms with Crippen molar-refractivity contribution in [3.8, 4) is 0 Å². The first-order valence-electron chi connectivity index (χ1n) is 8.15. The van der Waals surface area contributed by atoms with Gasteiger partial charge in [0.1, 0.15) is 17.0 Å². The summed E-state index contributed by atoms with van der Waals surface area (Å²) >= 11 is 13.4. The molecule has 4 rings (SSSR count). The van der Waals surface area contributed by atoms with E-state index in [1.54, 1.807) is 0 Å². The molecule has 0 amide bonds. The smallest absolute Gasteiger partial charge is 0.266 e. The van der Waals surface area contributed by atoms with E-state index in [-0.39, 0.29) is 10.2 Å². The fourth-order valence-corrected chi connectivity index (χ4v) is 5.41. The van der Waals surface area contributed by atoms with Crippen LogP contribution in [0.4, 0.5) is 15.2 Å². The Bertz CT molecular complexity index is 1140. The fraction of sp³-hybridized carbons (Fsp3) is 0.176. The van der Waals surface area contributed by atoms with E-state index in [1.165, 1.54) is 6.33 Å². The third kappa shape index (κ3) is 3.67. The minimum atomic E-state index is -4.17. The quantitative estimate of drug-likeness (QED) is 0.614. The number of aromatic nitrogens is 2. The highest BCUT2D eigenvalue weighted by atomic mass is 35.5. The highest BCUT2D eigenvalue weighted by Gasteiger charge is 2.25. The van der Waals surface area contributed by atoms with Gasteiger partial charge in [0.2, 0.25) is 5.13 Å². The molecule has 0 atom stereocenters. The molecule has 6 nitrogen and oxygen atoms in total. The molecule has 0 saturated heterocycles. The number of fused-ring (bicyclic) bond motifs is 1. The molecule has 0 fully saturated rings. The topological polar surface area (TPSA) is 75.2 Å². The summed E-state index contributed by atoms with van der Waals surface area (Å²) in [5, 5.41) is 0.904. The number of rotatable bonds is 5. The van der Waals surface area contributed by atoms with Crippen LogP contribution >= 0.6 is 34.7 Å². The highest BCUT2D eigenvalue weighted by Crippen LogP contribution is 2.35. The molecule has 3 aromatic rings. The third-order valence-electron chi connectivity index (χ3n) is 4.40. The van der Waals surface area contributed by atoms with E-state index in [2.05, 4.69) is 14.1 Å². The van der Waals surface area contributed by atoms with Gasteiger partial charge in [0.05, 0.1) is 0 Å². The van der Waals surface area contributed by atoms with Gasteiger partial charge in [-0.3, -0.25) is 4.72 Å². The van der Waals surface area contributed by atoms with Crippen LogP contribution in [0.1, 0.15) is 11.1 Å². The maximum Gasteiger partial charge on any atom is 0.266 e. The molecular weight excluding hydrogens is 446 g/mol. The predicted molar refractivity (Wildman–Crippen MR) is 108 cm³/mol. The molecule has 28 heavy (non-hydrogen) atoms. The average Bonchev–Trinajstić information content (AvgIpc) is 3.28. The lowest BCUT2D eigenvalue weighted by atomic mass is 10.1. The van der Waals surface area contributed by atoms with Crippen molar-refractivity contribution in [3.05, 3.63) is 63.6 Å². The molecular formula is C17H13Cl2FN4O2S2. The Labute approximate surface area is 175 Å². The van der Waals surface area contributed by atoms with Crippen molar-refractivity contribution in [2.45, 2.75) is 17.9 Å². The van der Waals surface area contributed by atoms with E-state index < -0.39 is 20.7 Å². The molecule has 1 N–H and O–H groups in total. The van der Waals surface area contributed by atoms with Gasteiger partial charge >= 0.3 is 0 Å². The van der Waals surface area contributed by atoms with Crippen LogP contribution in [-0.2, 0) is 23.0 Å². The lowest BCUT2D eigenvalue weighted by Crippen LogP contribution is -2.20. The molecule has 1 aliphatic rings. The molecule has 1 aliphatic heterocycles. The van der Waals surface area contributed by atoms with Crippen molar-refractivity contribution in [1.29, 1.82) is 0 Å². The lowest BCUT2D eigenvalue weighted by Gasteiger charge is -2.21. The van der Waals surface area contributed by atoms with Gasteiger partial charge in [0, 0.05) is 40.4 Å². The third-order valence-corrected chi connectivity index (χ3v) is 7.17. The molecule has 2 aromatic carbocycles. The Hall–Kier alpha value is -1.94. The van der Waals surface area contributed by atoms with E-state index >= 15 is 0 Å². The minimum absolute atomic E-state index is 0.0464. The molecule has 146 valence electrons. The number of hydrogen-bond donors (Lipinski definition) is 1. The van der Waals surface area contributed by atoms with Gasteiger partial charge in [0.15, 0.2) is 0 Å². The number of anilines is 2. The van der Waals surface area contributed by atoms with E-state index in [1.807, 2.05) is 23.1 Å². The Balaban J connectivity index is 1.62. The summed E-state index contributed by atoms with van der Waals surface area (Å²) in [4.78, 5) is 5.23. The Morgan fingerprint density at radius 1 is 1.25 bits per heavy atom. The SMILES string of the molecule is O=S(=O)(Nc1ncns1)c1cc(Cl)c(CN2CCc3c(Cl)cccc32)cc1F. The normalized spacial score (nSPS) is 13.6. The summed E-state index contributed by atoms with van der Waals surface area (Å²) in [6.45, 7) is 1.06. The molecule has 0 saturated carbocycles. The van der Waals surface area contributed by atoms with Gasteiger partial charge in [-0.2, -0.15) is 4.37 Å². The first-order chi connectivity index (χ1) is 13.3. The van der Waals surface area contributed by atoms with Crippen molar-refractivity contribution in [3.63, 3.8) is 0 Å². The van der Waals surface area contributed by atoms with Crippen LogP contribution in [0.2, 0.25) is 10.0 Å². The van der Waals surface area contributed by atoms with Crippen molar-refractivity contribution in [1.82, 2.24) is 9.36 Å². The summed E-state index contributed by atoms with van der Waals surface area (Å²) in [5.74, 6) is -0.887. The fourth-order valence-electron chi connectivity index (χ4n) is 3.11. The van der Waals surface area contributed by atoms with Gasteiger partial charge in [0.25, 0.3) is 10.0 Å². The zero-order valence-corrected chi connectivity index (χ0v) is 17.3. The standard InChI is InChI=1S/C17H13Cl2FN4O2S2/c18-12-2-1-3-15-11(12)4-5-24(15)8-10-6-14(20)16(7-13(10)19)28(25,26)23-17-21-9-22-27-17/h1-3,6-7,9H,4-5,8H2,(H,21,22,23). The summed E-state index contributed by atoms with van der Waals surface area (Å²) in [6, 6.07) is 7.91. The number of hydrogen-bond acceptors (Lipinski definition) is 6. The number of halogens is 3. The summed E-state index contributed by atoms with van der Waals surface area (Å²) in [7, 11) is -4.17. The zero-order valence-electron chi connectivity index (χ0n) is 14.2. The Morgan fingerprint density at radius 2 is 2.07 bits per heavy atom. The van der Waals surface area contributed by atoms with Crippen LogP contribution in [0.5, 0.6) is 0 Å². The molecule has 0 radical (unpaired) electrons. The monoisotopic (exact) mass is 458 g/mol. The van der Waals surface area contributed by atoms with Crippen molar-refractivity contribution < 1.29 is 12.8 Å². The van der Waals surface area contributed by atoms with Gasteiger partial charge in [-0.1, -0.05) is 29.3 Å². The molecule has 0 bridgehead atoms. The average molecular weight is 459 g/mol. The van der Waals surface area contributed by atoms with Crippen LogP contribution in [0, 0.1) is 5.82 Å². The van der Waals surface area contributed by atoms with Gasteiger partial charge in [-0.15, -0.1) is 0 Å². The lowest BCUT2D eigenvalue weighted by molar-refractivity contribution is 0.568. The second-order valence-corrected chi connectivity index (χ2v) is 9.38. The van der Waals surface area contributed by atoms with Crippen LogP contribution in [0.25, 0.3) is 0 Å². The van der Waals surface area contributed by atoms with Crippen LogP contribution in [0.3, 0.4) is 0 Å². The highest BCUT2D eigenvalue weighted by molar-refractivity contribution is 7.93. The molecule has 11 heteroatoms. The first kappa shape index (κ1) is 19.4. The maximum absolute atomic E-state index is 14.6. The summed E-state index contributed by atoms with van der Waals surface area (Å²) in [6.07, 6.45) is 1.99. The van der Waals surface area contributed by atoms with E-state index in [9.17, 15) is 12.8 Å². The first-order valence-corrected chi connectivity index (χ1v) is 11.2. The van der Waals surface area contributed by atoms with Gasteiger partial charge in [-0.05, 0) is 41.8 Å². The molecule has 0 aliphatic carbocycles. The maximum atomic E-state index is 14.6. The number of nitrogens with zero attached hydrogens (tertiary/aromatic N) is 3. The molecule has 1 aromatic heterocycles. The predicted octanol–water partition coefficient (Wildman–Crippen LogP) is 4.35. The number of benzene rings is 2. The summed E-state index contributed by atoms with van der Waals surface area (Å²) < 4.78 is 45.4. The van der Waals surface area contributed by atoms with Crippen molar-refractivity contribution >= 4 is 55.6 Å². The molecule has 0 unspecified atom stereocenters. The second-order valence-electron chi connectivity index (χ2n) is 6.14. The largest absolute Gasteiger partial charge is 0.367 e. The van der Waals surface area contributed by atoms with Crippen LogP contribution in [-0.4, -0.2) is 24.3 Å². The number of nitrogens with one attached hydrogen (secondary N) is 1. The second kappa shape index (κ2) is 7.47. The van der Waals surface area contributed by atoms with Crippen molar-refractivity contribution in [2.75, 3.05) is 16.2 Å². The van der Waals surface area contributed by atoms with E-state index in [0.717, 1.165) is 47.9 Å². The zero-order chi connectivity index (χ0) is 19.9. The van der Waals surface area contributed by atoms with Crippen LogP contribution < -0.4 is 9.62 Å². The van der Waals surface area contributed by atoms with E-state index in [4.69, 9.17) is 23.2 Å². The Morgan fingerprint density at radius 3 is 2.82 bits per heavy atom. The minimum Gasteiger partial charge on any atom is -0.367 e. The van der Waals surface area contributed by atoms with Crippen molar-refractivity contribution in [2.24, 2.45) is 0 Å². The summed E-state index contributed by atoms with van der Waals surface area (Å²) in [5.41, 5.74) is 2.50. The Kier molecular flexibility index (Phi) is 5.17. The molecule has 2 heterocycles. The van der Waals surface area contributed by atoms with E-state index in [0.29, 0.717) is 17.1 Å². The van der Waals surface area contributed by atoms with Crippen LogP contribution in [0.15, 0.2) is 41.6 Å². The van der Waals surface area contributed by atoms with Gasteiger partial charge in [-0.25, -0.2) is 17.8 Å². The molecule has 0 spiro atoms. The number of sulfonamides is 1. The van der Waals surface area contributed by atoms with Gasteiger partial charge < -0.3 is 4.90 Å².